The molecule has 0 radical (unpaired) electrons. The third kappa shape index (κ3) is 6.18. The van der Waals surface area contributed by atoms with Gasteiger partial charge in [0.1, 0.15) is 6.04 Å². The Morgan fingerprint density at radius 1 is 1.21 bits per heavy atom. The van der Waals surface area contributed by atoms with Crippen molar-refractivity contribution in [3.8, 4) is 0 Å². The lowest BCUT2D eigenvalue weighted by Gasteiger charge is -2.47. The zero-order chi connectivity index (χ0) is 21.9. The van der Waals surface area contributed by atoms with E-state index in [1.807, 2.05) is 34.6 Å². The quantitative estimate of drug-likeness (QED) is 0.749. The number of Topliss-reactive ketones (excluding diaryl/α,β-unsaturated/α-hetero) is 1. The first-order valence-electron chi connectivity index (χ1n) is 10.4. The fraction of sp³-hybridized carbons (Fsp3) is 0.810. The van der Waals surface area contributed by atoms with E-state index in [0.29, 0.717) is 25.8 Å². The number of nitrogens with zero attached hydrogens (tertiary/aromatic N) is 2. The van der Waals surface area contributed by atoms with Crippen molar-refractivity contribution in [3.05, 3.63) is 0 Å². The Labute approximate surface area is 173 Å². The molecular formula is C21H35N3O5. The molecule has 0 unspecified atom stereocenters. The largest absolute Gasteiger partial charge is 0.449 e. The van der Waals surface area contributed by atoms with Crippen LogP contribution in [-0.2, 0) is 19.1 Å². The van der Waals surface area contributed by atoms with E-state index in [9.17, 15) is 19.2 Å². The van der Waals surface area contributed by atoms with Crippen LogP contribution in [0.4, 0.5) is 4.79 Å². The molecule has 164 valence electrons. The highest BCUT2D eigenvalue weighted by molar-refractivity contribution is 5.95. The monoisotopic (exact) mass is 409 g/mol. The van der Waals surface area contributed by atoms with E-state index in [2.05, 4.69) is 5.32 Å². The molecule has 3 atom stereocenters. The summed E-state index contributed by atoms with van der Waals surface area (Å²) in [6.07, 6.45) is 1.07. The minimum Gasteiger partial charge on any atom is -0.449 e. The fourth-order valence-corrected chi connectivity index (χ4v) is 3.91. The van der Waals surface area contributed by atoms with Gasteiger partial charge in [0.25, 0.3) is 0 Å². The Morgan fingerprint density at radius 3 is 2.41 bits per heavy atom. The van der Waals surface area contributed by atoms with Crippen molar-refractivity contribution in [3.63, 3.8) is 0 Å². The van der Waals surface area contributed by atoms with Crippen LogP contribution in [0.2, 0.25) is 0 Å². The summed E-state index contributed by atoms with van der Waals surface area (Å²) in [7, 11) is 0. The molecule has 3 amide bonds. The Balaban J connectivity index is 2.06. The molecule has 0 aromatic rings. The molecule has 0 aliphatic carbocycles. The van der Waals surface area contributed by atoms with Gasteiger partial charge in [-0.05, 0) is 30.6 Å². The number of piperidine rings is 2. The highest BCUT2D eigenvalue weighted by Crippen LogP contribution is 2.29. The number of amides is 3. The van der Waals surface area contributed by atoms with Crippen molar-refractivity contribution in [1.82, 2.24) is 15.1 Å². The topological polar surface area (TPSA) is 96.0 Å². The minimum atomic E-state index is -0.633. The number of hydrogen-bond donors (Lipinski definition) is 1. The van der Waals surface area contributed by atoms with Gasteiger partial charge in [-0.3, -0.25) is 19.3 Å². The molecule has 8 heteroatoms. The second-order valence-electron chi connectivity index (χ2n) is 9.82. The standard InChI is InChI=1S/C21H35N3O5/c1-13(2)9-16(22-14(3)25)19(27)24-11-18(26)17-10-15(24)7-8-23(17)20(28)29-12-21(4,5)6/h13,15-17H,7-12H2,1-6H3,(H,22,25)/t15-,16+,17+/m1/s1. The molecule has 2 bridgehead atoms. The van der Waals surface area contributed by atoms with Gasteiger partial charge in [0, 0.05) is 19.5 Å². The van der Waals surface area contributed by atoms with Crippen LogP contribution < -0.4 is 5.32 Å². The van der Waals surface area contributed by atoms with Crippen LogP contribution in [0, 0.1) is 11.3 Å². The lowest BCUT2D eigenvalue weighted by atomic mass is 9.87. The van der Waals surface area contributed by atoms with Gasteiger partial charge in [0.2, 0.25) is 11.8 Å². The highest BCUT2D eigenvalue weighted by Gasteiger charge is 2.46. The lowest BCUT2D eigenvalue weighted by Crippen LogP contribution is -2.65. The molecule has 2 saturated heterocycles. The van der Waals surface area contributed by atoms with Crippen molar-refractivity contribution >= 4 is 23.7 Å². The van der Waals surface area contributed by atoms with E-state index >= 15 is 0 Å². The number of nitrogens with one attached hydrogen (secondary N) is 1. The Kier molecular flexibility index (Phi) is 7.30. The molecule has 0 aromatic carbocycles. The SMILES string of the molecule is CC(=O)N[C@@H](CC(C)C)C(=O)N1CC(=O)[C@@H]2C[C@H]1CCN2C(=O)OCC(C)(C)C. The molecule has 2 rings (SSSR count). The first-order valence-corrected chi connectivity index (χ1v) is 10.4. The molecule has 29 heavy (non-hydrogen) atoms. The third-order valence-corrected chi connectivity index (χ3v) is 5.24. The summed E-state index contributed by atoms with van der Waals surface area (Å²) < 4.78 is 5.39. The maximum absolute atomic E-state index is 13.1. The average Bonchev–Trinajstić information content (AvgIpc) is 2.60. The highest BCUT2D eigenvalue weighted by atomic mass is 16.6. The normalized spacial score (nSPS) is 23.1. The summed E-state index contributed by atoms with van der Waals surface area (Å²) >= 11 is 0. The van der Waals surface area contributed by atoms with Crippen molar-refractivity contribution in [2.45, 2.75) is 78.9 Å². The van der Waals surface area contributed by atoms with Crippen molar-refractivity contribution in [2.24, 2.45) is 11.3 Å². The van der Waals surface area contributed by atoms with Crippen molar-refractivity contribution in [1.29, 1.82) is 0 Å². The Morgan fingerprint density at radius 2 is 1.86 bits per heavy atom. The summed E-state index contributed by atoms with van der Waals surface area (Å²) in [6, 6.07) is -1.29. The second kappa shape index (κ2) is 9.13. The maximum Gasteiger partial charge on any atom is 0.410 e. The smallest absolute Gasteiger partial charge is 0.410 e. The molecule has 2 aliphatic rings. The van der Waals surface area contributed by atoms with Gasteiger partial charge in [-0.1, -0.05) is 34.6 Å². The van der Waals surface area contributed by atoms with Gasteiger partial charge in [-0.15, -0.1) is 0 Å². The van der Waals surface area contributed by atoms with Gasteiger partial charge in [-0.2, -0.15) is 0 Å². The molecule has 8 nitrogen and oxygen atoms in total. The zero-order valence-electron chi connectivity index (χ0n) is 18.5. The lowest BCUT2D eigenvalue weighted by molar-refractivity contribution is -0.149. The first-order chi connectivity index (χ1) is 13.4. The minimum absolute atomic E-state index is 0.0363. The number of hydrogen-bond acceptors (Lipinski definition) is 5. The summed E-state index contributed by atoms with van der Waals surface area (Å²) in [5, 5.41) is 2.73. The van der Waals surface area contributed by atoms with Gasteiger partial charge in [0.15, 0.2) is 5.78 Å². The van der Waals surface area contributed by atoms with Gasteiger partial charge >= 0.3 is 6.09 Å². The number of ether oxygens (including phenoxy) is 1. The van der Waals surface area contributed by atoms with Gasteiger partial charge in [-0.25, -0.2) is 4.79 Å². The summed E-state index contributed by atoms with van der Waals surface area (Å²) in [5.74, 6) is -0.410. The molecule has 2 aliphatic heterocycles. The molecule has 0 spiro atoms. The van der Waals surface area contributed by atoms with Crippen molar-refractivity contribution < 1.29 is 23.9 Å². The van der Waals surface area contributed by atoms with E-state index in [4.69, 9.17) is 4.74 Å². The number of likely N-dealkylation sites (tertiary alicyclic amines) is 2. The van der Waals surface area contributed by atoms with E-state index in [-0.39, 0.29) is 48.1 Å². The second-order valence-corrected chi connectivity index (χ2v) is 9.82. The average molecular weight is 410 g/mol. The van der Waals surface area contributed by atoms with Crippen LogP contribution in [0.3, 0.4) is 0 Å². The predicted octanol–water partition coefficient (Wildman–Crippen LogP) is 1.96. The molecular weight excluding hydrogens is 374 g/mol. The van der Waals surface area contributed by atoms with E-state index < -0.39 is 18.2 Å². The van der Waals surface area contributed by atoms with Crippen LogP contribution >= 0.6 is 0 Å². The van der Waals surface area contributed by atoms with Gasteiger partial charge in [0.05, 0.1) is 19.2 Å². The fourth-order valence-electron chi connectivity index (χ4n) is 3.91. The molecule has 2 heterocycles. The van der Waals surface area contributed by atoms with Crippen LogP contribution in [0.5, 0.6) is 0 Å². The van der Waals surface area contributed by atoms with Crippen LogP contribution in [0.25, 0.3) is 0 Å². The van der Waals surface area contributed by atoms with E-state index in [1.54, 1.807) is 4.90 Å². The Hall–Kier alpha value is -2.12. The van der Waals surface area contributed by atoms with Crippen LogP contribution in [-0.4, -0.2) is 71.3 Å². The zero-order valence-corrected chi connectivity index (χ0v) is 18.5. The molecule has 0 aromatic heterocycles. The number of carbonyl (C=O) groups is 4. The maximum atomic E-state index is 13.1. The van der Waals surface area contributed by atoms with E-state index in [1.165, 1.54) is 11.8 Å². The third-order valence-electron chi connectivity index (χ3n) is 5.24. The number of rotatable bonds is 5. The molecule has 0 saturated carbocycles. The number of fused-ring (bicyclic) bond motifs is 2. The summed E-state index contributed by atoms with van der Waals surface area (Å²) in [5.41, 5.74) is -0.150. The molecule has 2 fully saturated rings. The van der Waals surface area contributed by atoms with E-state index in [0.717, 1.165) is 0 Å². The summed E-state index contributed by atoms with van der Waals surface area (Å²) in [6.45, 7) is 11.9. The Bertz CT molecular complexity index is 655. The molecule has 1 N–H and O–H groups in total. The summed E-state index contributed by atoms with van der Waals surface area (Å²) in [4.78, 5) is 53.0. The number of carbonyl (C=O) groups excluding carboxylic acids is 4. The van der Waals surface area contributed by atoms with Crippen LogP contribution in [0.1, 0.15) is 60.8 Å². The van der Waals surface area contributed by atoms with Crippen molar-refractivity contribution in [2.75, 3.05) is 19.7 Å². The first kappa shape index (κ1) is 23.2. The van der Waals surface area contributed by atoms with Crippen LogP contribution in [0.15, 0.2) is 0 Å². The number of ketones is 1. The van der Waals surface area contributed by atoms with Gasteiger partial charge < -0.3 is 15.0 Å². The predicted molar refractivity (Wildman–Crippen MR) is 108 cm³/mol.